The second-order valence-electron chi connectivity index (χ2n) is 3.15. The lowest BCUT2D eigenvalue weighted by atomic mass is 10.2. The number of ether oxygens (including phenoxy) is 1. The molecule has 2 aromatic rings. The highest BCUT2D eigenvalue weighted by Crippen LogP contribution is 2.25. The van der Waals surface area contributed by atoms with Crippen LogP contribution in [0, 0.1) is 0 Å². The number of nitrogens with zero attached hydrogens (tertiary/aromatic N) is 1. The Morgan fingerprint density at radius 3 is 2.29 bits per heavy atom. The molecule has 0 amide bonds. The summed E-state index contributed by atoms with van der Waals surface area (Å²) in [4.78, 5) is 6.93. The third kappa shape index (κ3) is 3.23. The van der Waals surface area contributed by atoms with Gasteiger partial charge in [0.05, 0.1) is 6.20 Å². The summed E-state index contributed by atoms with van der Waals surface area (Å²) in [6, 6.07) is 5.46. The van der Waals surface area contributed by atoms with Gasteiger partial charge in [-0.3, -0.25) is 0 Å². The van der Waals surface area contributed by atoms with E-state index in [0.29, 0.717) is 16.0 Å². The van der Waals surface area contributed by atoms with Gasteiger partial charge in [0.25, 0.3) is 0 Å². The van der Waals surface area contributed by atoms with Crippen LogP contribution in [-0.2, 0) is 0 Å². The van der Waals surface area contributed by atoms with E-state index in [2.05, 4.69) is 30.6 Å². The Morgan fingerprint density at radius 2 is 1.82 bits per heavy atom. The molecule has 0 atom stereocenters. The van der Waals surface area contributed by atoms with E-state index in [0.717, 1.165) is 0 Å². The van der Waals surface area contributed by atoms with E-state index in [1.54, 1.807) is 6.20 Å². The van der Waals surface area contributed by atoms with Crippen molar-refractivity contribution in [2.24, 2.45) is 0 Å². The Balaban J connectivity index is 2.19. The maximum Gasteiger partial charge on any atom is 0.573 e. The number of hydrogen-bond acceptors (Lipinski definition) is 2. The molecular weight excluding hydrogens is 301 g/mol. The highest BCUT2D eigenvalue weighted by atomic mass is 79.9. The van der Waals surface area contributed by atoms with Gasteiger partial charge < -0.3 is 9.72 Å². The number of rotatable bonds is 2. The Hall–Kier alpha value is -1.50. The molecule has 0 spiro atoms. The van der Waals surface area contributed by atoms with Gasteiger partial charge in [-0.25, -0.2) is 4.98 Å². The summed E-state index contributed by atoms with van der Waals surface area (Å²) < 4.78 is 40.2. The standard InChI is InChI=1S/C10H6BrF3N2O/c11-8-5-15-9(16-8)6-1-3-7(4-2-6)17-10(12,13)14/h1-5H,(H,15,16). The maximum absolute atomic E-state index is 11.9. The minimum absolute atomic E-state index is 0.258. The molecule has 0 fully saturated rings. The van der Waals surface area contributed by atoms with Crippen LogP contribution in [0.4, 0.5) is 13.2 Å². The zero-order valence-electron chi connectivity index (χ0n) is 8.25. The van der Waals surface area contributed by atoms with Crippen molar-refractivity contribution in [3.8, 4) is 17.1 Å². The molecule has 1 aromatic carbocycles. The highest BCUT2D eigenvalue weighted by molar-refractivity contribution is 9.10. The van der Waals surface area contributed by atoms with E-state index in [-0.39, 0.29) is 5.75 Å². The first-order chi connectivity index (χ1) is 7.94. The van der Waals surface area contributed by atoms with E-state index in [4.69, 9.17) is 0 Å². The van der Waals surface area contributed by atoms with E-state index >= 15 is 0 Å². The van der Waals surface area contributed by atoms with E-state index in [1.165, 1.54) is 24.3 Å². The Kier molecular flexibility index (Phi) is 3.10. The number of nitrogens with one attached hydrogen (secondary N) is 1. The van der Waals surface area contributed by atoms with Crippen molar-refractivity contribution in [3.05, 3.63) is 35.1 Å². The minimum atomic E-state index is -4.67. The second-order valence-corrected chi connectivity index (χ2v) is 4.01. The monoisotopic (exact) mass is 306 g/mol. The number of benzene rings is 1. The lowest BCUT2D eigenvalue weighted by Gasteiger charge is -2.08. The zero-order valence-corrected chi connectivity index (χ0v) is 9.84. The van der Waals surface area contributed by atoms with Crippen LogP contribution >= 0.6 is 15.9 Å². The molecular formula is C10H6BrF3N2O. The van der Waals surface area contributed by atoms with Crippen molar-refractivity contribution in [2.75, 3.05) is 0 Å². The Morgan fingerprint density at radius 1 is 1.18 bits per heavy atom. The largest absolute Gasteiger partial charge is 0.573 e. The van der Waals surface area contributed by atoms with Gasteiger partial charge in [0, 0.05) is 5.56 Å². The number of H-pyrrole nitrogens is 1. The van der Waals surface area contributed by atoms with E-state index in [9.17, 15) is 13.2 Å². The van der Waals surface area contributed by atoms with Crippen LogP contribution in [-0.4, -0.2) is 16.3 Å². The number of halogens is 4. The molecule has 17 heavy (non-hydrogen) atoms. The molecule has 0 radical (unpaired) electrons. The average molecular weight is 307 g/mol. The van der Waals surface area contributed by atoms with Gasteiger partial charge in [0.2, 0.25) is 0 Å². The van der Waals surface area contributed by atoms with Crippen molar-refractivity contribution in [1.82, 2.24) is 9.97 Å². The molecule has 3 nitrogen and oxygen atoms in total. The number of imidazole rings is 1. The topological polar surface area (TPSA) is 37.9 Å². The van der Waals surface area contributed by atoms with Crippen molar-refractivity contribution in [3.63, 3.8) is 0 Å². The van der Waals surface area contributed by atoms with Crippen molar-refractivity contribution < 1.29 is 17.9 Å². The van der Waals surface area contributed by atoms with E-state index < -0.39 is 6.36 Å². The van der Waals surface area contributed by atoms with Crippen LogP contribution in [0.2, 0.25) is 0 Å². The van der Waals surface area contributed by atoms with Crippen LogP contribution in [0.25, 0.3) is 11.4 Å². The highest BCUT2D eigenvalue weighted by Gasteiger charge is 2.30. The first-order valence-corrected chi connectivity index (χ1v) is 5.30. The van der Waals surface area contributed by atoms with Crippen LogP contribution in [0.3, 0.4) is 0 Å². The molecule has 0 aliphatic carbocycles. The van der Waals surface area contributed by atoms with Gasteiger partial charge in [-0.05, 0) is 40.2 Å². The molecule has 0 unspecified atom stereocenters. The van der Waals surface area contributed by atoms with Crippen molar-refractivity contribution in [2.45, 2.75) is 6.36 Å². The quantitative estimate of drug-likeness (QED) is 0.918. The van der Waals surface area contributed by atoms with Crippen molar-refractivity contribution >= 4 is 15.9 Å². The van der Waals surface area contributed by atoms with E-state index in [1.807, 2.05) is 0 Å². The molecule has 1 heterocycles. The second kappa shape index (κ2) is 4.40. The molecule has 0 saturated heterocycles. The lowest BCUT2D eigenvalue weighted by Crippen LogP contribution is -2.16. The van der Waals surface area contributed by atoms with Gasteiger partial charge in [-0.1, -0.05) is 0 Å². The first kappa shape index (κ1) is 12.0. The van der Waals surface area contributed by atoms with Crippen molar-refractivity contribution in [1.29, 1.82) is 0 Å². The fraction of sp³-hybridized carbons (Fsp3) is 0.100. The third-order valence-electron chi connectivity index (χ3n) is 1.91. The smallest absolute Gasteiger partial charge is 0.406 e. The molecule has 0 aliphatic heterocycles. The number of alkyl halides is 3. The van der Waals surface area contributed by atoms with Gasteiger partial charge in [-0.2, -0.15) is 0 Å². The fourth-order valence-electron chi connectivity index (χ4n) is 1.26. The molecule has 1 N–H and O–H groups in total. The molecule has 7 heteroatoms. The predicted octanol–water partition coefficient (Wildman–Crippen LogP) is 3.74. The molecule has 2 rings (SSSR count). The Bertz CT molecular complexity index is 507. The molecule has 0 bridgehead atoms. The minimum Gasteiger partial charge on any atom is -0.406 e. The first-order valence-electron chi connectivity index (χ1n) is 4.51. The van der Waals surface area contributed by atoms with Gasteiger partial charge in [0.15, 0.2) is 0 Å². The van der Waals surface area contributed by atoms with Crippen LogP contribution in [0.5, 0.6) is 5.75 Å². The van der Waals surface area contributed by atoms with Gasteiger partial charge in [-0.15, -0.1) is 13.2 Å². The Labute approximate surface area is 103 Å². The molecule has 1 aromatic heterocycles. The van der Waals surface area contributed by atoms with Gasteiger partial charge >= 0.3 is 6.36 Å². The molecule has 0 saturated carbocycles. The predicted molar refractivity (Wildman–Crippen MR) is 58.4 cm³/mol. The third-order valence-corrected chi connectivity index (χ3v) is 2.31. The normalized spacial score (nSPS) is 11.5. The van der Waals surface area contributed by atoms with Crippen LogP contribution in [0.15, 0.2) is 35.1 Å². The summed E-state index contributed by atoms with van der Waals surface area (Å²) in [5, 5.41) is 0. The molecule has 90 valence electrons. The summed E-state index contributed by atoms with van der Waals surface area (Å²) in [7, 11) is 0. The van der Waals surface area contributed by atoms with Crippen LogP contribution in [0.1, 0.15) is 0 Å². The average Bonchev–Trinajstić information content (AvgIpc) is 2.63. The summed E-state index contributed by atoms with van der Waals surface area (Å²) in [6.45, 7) is 0. The maximum atomic E-state index is 11.9. The SMILES string of the molecule is FC(F)(F)Oc1ccc(-c2ncc(Br)[nH]2)cc1. The number of aromatic amines is 1. The summed E-state index contributed by atoms with van der Waals surface area (Å²) in [6.07, 6.45) is -3.11. The lowest BCUT2D eigenvalue weighted by molar-refractivity contribution is -0.274. The fourth-order valence-corrected chi connectivity index (χ4v) is 1.55. The summed E-state index contributed by atoms with van der Waals surface area (Å²) in [5.74, 6) is 0.308. The van der Waals surface area contributed by atoms with Gasteiger partial charge in [0.1, 0.15) is 16.2 Å². The van der Waals surface area contributed by atoms with Crippen LogP contribution < -0.4 is 4.74 Å². The summed E-state index contributed by atoms with van der Waals surface area (Å²) >= 11 is 3.19. The zero-order chi connectivity index (χ0) is 12.5. The number of aromatic nitrogens is 2. The summed E-state index contributed by atoms with van der Waals surface area (Å²) in [5.41, 5.74) is 0.672. The molecule has 0 aliphatic rings. The number of hydrogen-bond donors (Lipinski definition) is 1.